The minimum Gasteiger partial charge on any atom is -0.0879 e. The Bertz CT molecular complexity index is 199. The quantitative estimate of drug-likeness (QED) is 0.507. The smallest absolute Gasteiger partial charge is 0.0879 e. The molecular weight excluding hydrogens is 166 g/mol. The Morgan fingerprint density at radius 2 is 2.40 bits per heavy atom. The molecule has 56 valence electrons. The highest BCUT2D eigenvalue weighted by molar-refractivity contribution is 8.00. The Labute approximate surface area is 68.6 Å². The van der Waals surface area contributed by atoms with Crippen molar-refractivity contribution in [3.8, 4) is 0 Å². The zero-order valence-corrected chi connectivity index (χ0v) is 7.71. The Balaban J connectivity index is 2.59. The second kappa shape index (κ2) is 3.88. The van der Waals surface area contributed by atoms with Crippen LogP contribution in [0.15, 0.2) is 4.34 Å². The van der Waals surface area contributed by atoms with Crippen LogP contribution in [0.2, 0.25) is 0 Å². The Kier molecular flexibility index (Phi) is 3.08. The van der Waals surface area contributed by atoms with E-state index in [0.717, 1.165) is 16.6 Å². The van der Waals surface area contributed by atoms with Crippen LogP contribution in [0.4, 0.5) is 0 Å². The molecule has 5 heteroatoms. The van der Waals surface area contributed by atoms with E-state index in [1.807, 2.05) is 6.92 Å². The number of thioether (sulfide) groups is 1. The maximum Gasteiger partial charge on any atom is 0.243 e. The molecule has 1 aromatic rings. The lowest BCUT2D eigenvalue weighted by atomic mass is 10.8. The summed E-state index contributed by atoms with van der Waals surface area (Å²) in [6.07, 6.45) is 0. The van der Waals surface area contributed by atoms with E-state index in [9.17, 15) is 0 Å². The van der Waals surface area contributed by atoms with Gasteiger partial charge in [0, 0.05) is 16.8 Å². The molecule has 0 fully saturated rings. The van der Waals surface area contributed by atoms with Gasteiger partial charge in [0.15, 0.2) is 0 Å². The molecule has 0 radical (unpaired) electrons. The van der Waals surface area contributed by atoms with E-state index < -0.39 is 0 Å². The van der Waals surface area contributed by atoms with Gasteiger partial charge in [-0.3, -0.25) is 0 Å². The molecule has 0 saturated carbocycles. The van der Waals surface area contributed by atoms with E-state index in [1.54, 1.807) is 16.6 Å². The van der Waals surface area contributed by atoms with Crippen molar-refractivity contribution >= 4 is 23.3 Å². The summed E-state index contributed by atoms with van der Waals surface area (Å²) in [5, 5.41) is 4.21. The van der Waals surface area contributed by atoms with Gasteiger partial charge in [-0.05, 0) is 5.75 Å². The molecule has 1 aromatic heterocycles. The van der Waals surface area contributed by atoms with Crippen LogP contribution in [0.25, 0.3) is 0 Å². The van der Waals surface area contributed by atoms with Crippen molar-refractivity contribution in [3.05, 3.63) is 0 Å². The minimum absolute atomic E-state index is 0.862. The number of nitrogens with zero attached hydrogens (tertiary/aromatic N) is 3. The summed E-state index contributed by atoms with van der Waals surface area (Å²) < 4.78 is 5.14. The zero-order valence-electron chi connectivity index (χ0n) is 6.07. The van der Waals surface area contributed by atoms with Crippen LogP contribution < -0.4 is 4.80 Å². The molecule has 0 bridgehead atoms. The summed E-state index contributed by atoms with van der Waals surface area (Å²) in [5.74, 6) is 1.07. The third-order valence-electron chi connectivity index (χ3n) is 0.961. The van der Waals surface area contributed by atoms with Crippen LogP contribution in [0.5, 0.6) is 0 Å². The SMILES string of the molecule is CCSc1n[n+](CC)ns1. The lowest BCUT2D eigenvalue weighted by Crippen LogP contribution is -2.37. The number of hydrogen-bond acceptors (Lipinski definition) is 4. The summed E-state index contributed by atoms with van der Waals surface area (Å²) in [7, 11) is 0. The standard InChI is InChI=1S/C5H10N3S2/c1-3-8-6-5(9-4-2)10-7-8/h3-4H2,1-2H3/q+1. The molecule has 1 rings (SSSR count). The van der Waals surface area contributed by atoms with Gasteiger partial charge in [-0.2, -0.15) is 0 Å². The van der Waals surface area contributed by atoms with Crippen LogP contribution in [-0.4, -0.2) is 15.3 Å². The predicted octanol–water partition coefficient (Wildman–Crippen LogP) is 0.957. The molecule has 0 aliphatic carbocycles. The van der Waals surface area contributed by atoms with E-state index in [2.05, 4.69) is 16.5 Å². The fourth-order valence-corrected chi connectivity index (χ4v) is 2.03. The molecule has 0 atom stereocenters. The molecule has 0 aromatic carbocycles. The van der Waals surface area contributed by atoms with E-state index in [4.69, 9.17) is 0 Å². The summed E-state index contributed by atoms with van der Waals surface area (Å²) >= 11 is 3.20. The highest BCUT2D eigenvalue weighted by atomic mass is 32.2. The largest absolute Gasteiger partial charge is 0.243 e. The van der Waals surface area contributed by atoms with Gasteiger partial charge in [0.2, 0.25) is 10.9 Å². The normalized spacial score (nSPS) is 10.2. The Morgan fingerprint density at radius 3 is 2.90 bits per heavy atom. The minimum atomic E-state index is 0.862. The third-order valence-corrected chi connectivity index (χ3v) is 2.66. The lowest BCUT2D eigenvalue weighted by molar-refractivity contribution is -0.798. The summed E-state index contributed by atoms with van der Waals surface area (Å²) in [5.41, 5.74) is 0. The van der Waals surface area contributed by atoms with E-state index in [0.29, 0.717) is 0 Å². The topological polar surface area (TPSA) is 29.7 Å². The first-order valence-corrected chi connectivity index (χ1v) is 4.99. The van der Waals surface area contributed by atoms with Crippen LogP contribution in [-0.2, 0) is 6.54 Å². The maximum atomic E-state index is 4.21. The fourth-order valence-electron chi connectivity index (χ4n) is 0.520. The van der Waals surface area contributed by atoms with Crippen molar-refractivity contribution in [1.82, 2.24) is 9.59 Å². The first-order valence-electron chi connectivity index (χ1n) is 3.23. The average molecular weight is 176 g/mol. The zero-order chi connectivity index (χ0) is 7.40. The number of hydrogen-bond donors (Lipinski definition) is 0. The molecule has 0 saturated heterocycles. The first kappa shape index (κ1) is 7.94. The van der Waals surface area contributed by atoms with Gasteiger partial charge in [0.05, 0.1) is 16.0 Å². The van der Waals surface area contributed by atoms with Crippen LogP contribution in [0.1, 0.15) is 13.8 Å². The Hall–Kier alpha value is -0.160. The van der Waals surface area contributed by atoms with Crippen LogP contribution in [0.3, 0.4) is 0 Å². The highest BCUT2D eigenvalue weighted by Gasteiger charge is 2.07. The molecule has 0 N–H and O–H groups in total. The predicted molar refractivity (Wildman–Crippen MR) is 42.2 cm³/mol. The third kappa shape index (κ3) is 1.91. The number of aryl methyl sites for hydroxylation is 1. The van der Waals surface area contributed by atoms with Crippen molar-refractivity contribution in [1.29, 1.82) is 0 Å². The van der Waals surface area contributed by atoms with Gasteiger partial charge in [0.25, 0.3) is 0 Å². The summed E-state index contributed by atoms with van der Waals surface area (Å²) in [6, 6.07) is 0. The molecule has 10 heavy (non-hydrogen) atoms. The van der Waals surface area contributed by atoms with E-state index in [-0.39, 0.29) is 0 Å². The van der Waals surface area contributed by atoms with Crippen molar-refractivity contribution in [2.45, 2.75) is 24.7 Å². The molecule has 0 amide bonds. The van der Waals surface area contributed by atoms with E-state index in [1.165, 1.54) is 11.5 Å². The van der Waals surface area contributed by atoms with Gasteiger partial charge in [-0.25, -0.2) is 0 Å². The average Bonchev–Trinajstić information content (AvgIpc) is 2.37. The maximum absolute atomic E-state index is 4.21. The van der Waals surface area contributed by atoms with Crippen molar-refractivity contribution in [2.75, 3.05) is 5.75 Å². The molecule has 0 aliphatic heterocycles. The van der Waals surface area contributed by atoms with Crippen LogP contribution in [0, 0.1) is 0 Å². The van der Waals surface area contributed by atoms with Gasteiger partial charge >= 0.3 is 0 Å². The molecule has 0 spiro atoms. The van der Waals surface area contributed by atoms with Gasteiger partial charge < -0.3 is 0 Å². The Morgan fingerprint density at radius 1 is 1.60 bits per heavy atom. The summed E-state index contributed by atoms with van der Waals surface area (Å²) in [4.78, 5) is 1.71. The van der Waals surface area contributed by atoms with E-state index >= 15 is 0 Å². The van der Waals surface area contributed by atoms with Crippen molar-refractivity contribution in [2.24, 2.45) is 0 Å². The van der Waals surface area contributed by atoms with Gasteiger partial charge in [0.1, 0.15) is 0 Å². The lowest BCUT2D eigenvalue weighted by Gasteiger charge is -1.79. The number of rotatable bonds is 3. The van der Waals surface area contributed by atoms with Crippen molar-refractivity contribution < 1.29 is 4.80 Å². The molecule has 3 nitrogen and oxygen atoms in total. The second-order valence-electron chi connectivity index (χ2n) is 1.66. The van der Waals surface area contributed by atoms with Gasteiger partial charge in [-0.1, -0.05) is 18.7 Å². The van der Waals surface area contributed by atoms with Crippen molar-refractivity contribution in [3.63, 3.8) is 0 Å². The second-order valence-corrected chi connectivity index (χ2v) is 3.90. The van der Waals surface area contributed by atoms with Gasteiger partial charge in [-0.15, -0.1) is 0 Å². The number of aromatic nitrogens is 3. The molecular formula is C5H10N3S2+. The highest BCUT2D eigenvalue weighted by Crippen LogP contribution is 2.15. The molecule has 0 aliphatic rings. The van der Waals surface area contributed by atoms with Crippen LogP contribution >= 0.6 is 23.3 Å². The fraction of sp³-hybridized carbons (Fsp3) is 0.800. The molecule has 1 heterocycles. The summed E-state index contributed by atoms with van der Waals surface area (Å²) in [6.45, 7) is 5.01. The monoisotopic (exact) mass is 176 g/mol. The molecule has 0 unspecified atom stereocenters. The first-order chi connectivity index (χ1) is 4.86.